The van der Waals surface area contributed by atoms with Gasteiger partial charge in [-0.2, -0.15) is 0 Å². The molecule has 110 valence electrons. The van der Waals surface area contributed by atoms with E-state index in [2.05, 4.69) is 15.6 Å². The van der Waals surface area contributed by atoms with Crippen LogP contribution >= 0.6 is 0 Å². The Labute approximate surface area is 117 Å². The molecule has 1 atom stereocenters. The topological polar surface area (TPSA) is 88.7 Å². The highest BCUT2D eigenvalue weighted by Gasteiger charge is 2.04. The largest absolute Gasteiger partial charge is 0.383 e. The van der Waals surface area contributed by atoms with Crippen molar-refractivity contribution in [3.8, 4) is 0 Å². The zero-order valence-corrected chi connectivity index (χ0v) is 11.5. The Morgan fingerprint density at radius 2 is 2.10 bits per heavy atom. The zero-order valence-electron chi connectivity index (χ0n) is 11.5. The first-order valence-corrected chi connectivity index (χ1v) is 6.12. The van der Waals surface area contributed by atoms with Crippen LogP contribution in [-0.4, -0.2) is 38.2 Å². The van der Waals surface area contributed by atoms with E-state index in [1.165, 1.54) is 24.3 Å². The summed E-state index contributed by atoms with van der Waals surface area (Å²) in [6.07, 6.45) is 0. The number of benzene rings is 1. The van der Waals surface area contributed by atoms with E-state index >= 15 is 0 Å². The zero-order chi connectivity index (χ0) is 15.0. The van der Waals surface area contributed by atoms with Crippen molar-refractivity contribution in [3.63, 3.8) is 0 Å². The molecule has 0 spiro atoms. The molecule has 0 saturated carbocycles. The molecule has 0 fully saturated rings. The minimum Gasteiger partial charge on any atom is -0.383 e. The van der Waals surface area contributed by atoms with Gasteiger partial charge in [-0.25, -0.2) is 9.38 Å². The van der Waals surface area contributed by atoms with E-state index in [1.807, 2.05) is 6.92 Å². The predicted molar refractivity (Wildman–Crippen MR) is 76.0 cm³/mol. The van der Waals surface area contributed by atoms with Gasteiger partial charge in [0.05, 0.1) is 6.61 Å². The van der Waals surface area contributed by atoms with E-state index in [1.54, 1.807) is 7.11 Å². The normalized spacial score (nSPS) is 12.8. The molecule has 6 nitrogen and oxygen atoms in total. The second kappa shape index (κ2) is 8.11. The van der Waals surface area contributed by atoms with Gasteiger partial charge in [0.2, 0.25) is 5.91 Å². The van der Waals surface area contributed by atoms with E-state index in [-0.39, 0.29) is 30.3 Å². The van der Waals surface area contributed by atoms with E-state index < -0.39 is 0 Å². The Bertz CT molecular complexity index is 462. The van der Waals surface area contributed by atoms with Gasteiger partial charge < -0.3 is 21.1 Å². The number of aliphatic imine (C=N–C) groups is 1. The molecule has 4 N–H and O–H groups in total. The number of methoxy groups -OCH3 is 1. The molecular formula is C13H19FN4O2. The minimum absolute atomic E-state index is 0.00362. The van der Waals surface area contributed by atoms with Crippen LogP contribution in [0.15, 0.2) is 29.3 Å². The molecule has 7 heteroatoms. The molecule has 0 radical (unpaired) electrons. The number of nitrogens with one attached hydrogen (secondary N) is 2. The molecule has 0 bridgehead atoms. The van der Waals surface area contributed by atoms with E-state index in [4.69, 9.17) is 10.5 Å². The summed E-state index contributed by atoms with van der Waals surface area (Å²) in [7, 11) is 1.58. The summed E-state index contributed by atoms with van der Waals surface area (Å²) in [5, 5.41) is 5.46. The van der Waals surface area contributed by atoms with Crippen LogP contribution in [-0.2, 0) is 9.53 Å². The Morgan fingerprint density at radius 1 is 1.45 bits per heavy atom. The summed E-state index contributed by atoms with van der Waals surface area (Å²) in [4.78, 5) is 15.5. The molecule has 1 aromatic rings. The summed E-state index contributed by atoms with van der Waals surface area (Å²) < 4.78 is 17.6. The lowest BCUT2D eigenvalue weighted by molar-refractivity contribution is -0.114. The molecule has 1 aromatic carbocycles. The highest BCUT2D eigenvalue weighted by molar-refractivity contribution is 5.93. The summed E-state index contributed by atoms with van der Waals surface area (Å²) in [6.45, 7) is 2.25. The van der Waals surface area contributed by atoms with Crippen molar-refractivity contribution in [2.75, 3.05) is 25.6 Å². The first-order valence-electron chi connectivity index (χ1n) is 6.12. The molecule has 0 aliphatic carbocycles. The number of carbonyl (C=O) groups excluding carboxylic acids is 1. The van der Waals surface area contributed by atoms with Crippen molar-refractivity contribution in [1.29, 1.82) is 0 Å². The third-order valence-electron chi connectivity index (χ3n) is 2.33. The number of carbonyl (C=O) groups is 1. The second-order valence-corrected chi connectivity index (χ2v) is 4.26. The van der Waals surface area contributed by atoms with Crippen LogP contribution in [0, 0.1) is 5.82 Å². The fourth-order valence-electron chi connectivity index (χ4n) is 1.48. The highest BCUT2D eigenvalue weighted by atomic mass is 19.1. The predicted octanol–water partition coefficient (Wildman–Crippen LogP) is 0.703. The molecule has 1 rings (SSSR count). The molecule has 1 unspecified atom stereocenters. The SMILES string of the molecule is COCC(C)NC(N)=NCC(=O)Nc1ccc(F)cc1. The number of amides is 1. The number of guanidine groups is 1. The highest BCUT2D eigenvalue weighted by Crippen LogP contribution is 2.07. The Balaban J connectivity index is 2.40. The van der Waals surface area contributed by atoms with Crippen LogP contribution in [0.2, 0.25) is 0 Å². The number of hydrogen-bond donors (Lipinski definition) is 3. The number of anilines is 1. The number of ether oxygens (including phenoxy) is 1. The summed E-state index contributed by atoms with van der Waals surface area (Å²) >= 11 is 0. The fraction of sp³-hybridized carbons (Fsp3) is 0.385. The molecule has 0 heterocycles. The van der Waals surface area contributed by atoms with Gasteiger partial charge in [-0.15, -0.1) is 0 Å². The van der Waals surface area contributed by atoms with Gasteiger partial charge in [0.15, 0.2) is 5.96 Å². The Hall–Kier alpha value is -2.15. The maximum atomic E-state index is 12.7. The van der Waals surface area contributed by atoms with Gasteiger partial charge in [-0.3, -0.25) is 4.79 Å². The molecule has 0 aliphatic rings. The van der Waals surface area contributed by atoms with E-state index in [0.29, 0.717) is 12.3 Å². The molecule has 1 amide bonds. The third kappa shape index (κ3) is 6.14. The maximum absolute atomic E-state index is 12.7. The number of halogens is 1. The van der Waals surface area contributed by atoms with Crippen LogP contribution in [0.1, 0.15) is 6.92 Å². The molecule has 0 aromatic heterocycles. The average molecular weight is 282 g/mol. The summed E-state index contributed by atoms with van der Waals surface area (Å²) in [5.74, 6) is -0.522. The van der Waals surface area contributed by atoms with E-state index in [0.717, 1.165) is 0 Å². The monoisotopic (exact) mass is 282 g/mol. The standard InChI is InChI=1S/C13H19FN4O2/c1-9(8-20-2)17-13(15)16-7-12(19)18-11-5-3-10(14)4-6-11/h3-6,9H,7-8H2,1-2H3,(H,18,19)(H3,15,16,17). The van der Waals surface area contributed by atoms with Gasteiger partial charge in [0.1, 0.15) is 12.4 Å². The molecule has 0 saturated heterocycles. The fourth-order valence-corrected chi connectivity index (χ4v) is 1.48. The second-order valence-electron chi connectivity index (χ2n) is 4.26. The number of nitrogens with two attached hydrogens (primary N) is 1. The molecule has 0 aliphatic heterocycles. The minimum atomic E-state index is -0.360. The van der Waals surface area contributed by atoms with E-state index in [9.17, 15) is 9.18 Å². The lowest BCUT2D eigenvalue weighted by atomic mass is 10.3. The smallest absolute Gasteiger partial charge is 0.246 e. The van der Waals surface area contributed by atoms with Crippen molar-refractivity contribution >= 4 is 17.6 Å². The van der Waals surface area contributed by atoms with Gasteiger partial charge in [-0.05, 0) is 31.2 Å². The quantitative estimate of drug-likeness (QED) is 0.529. The van der Waals surface area contributed by atoms with Crippen molar-refractivity contribution in [1.82, 2.24) is 5.32 Å². The van der Waals surface area contributed by atoms with Crippen molar-refractivity contribution < 1.29 is 13.9 Å². The van der Waals surface area contributed by atoms with Gasteiger partial charge in [-0.1, -0.05) is 0 Å². The van der Waals surface area contributed by atoms with Gasteiger partial charge in [0.25, 0.3) is 0 Å². The Kier molecular flexibility index (Phi) is 6.45. The van der Waals surface area contributed by atoms with Crippen LogP contribution in [0.3, 0.4) is 0 Å². The maximum Gasteiger partial charge on any atom is 0.246 e. The molecule has 20 heavy (non-hydrogen) atoms. The number of rotatable bonds is 6. The van der Waals surface area contributed by atoms with Crippen molar-refractivity contribution in [2.45, 2.75) is 13.0 Å². The van der Waals surface area contributed by atoms with Crippen LogP contribution < -0.4 is 16.4 Å². The third-order valence-corrected chi connectivity index (χ3v) is 2.33. The first-order chi connectivity index (χ1) is 9.51. The number of nitrogens with zero attached hydrogens (tertiary/aromatic N) is 1. The number of hydrogen-bond acceptors (Lipinski definition) is 3. The van der Waals surface area contributed by atoms with Crippen LogP contribution in [0.5, 0.6) is 0 Å². The average Bonchev–Trinajstić information content (AvgIpc) is 2.39. The molecular weight excluding hydrogens is 263 g/mol. The first kappa shape index (κ1) is 15.9. The van der Waals surface area contributed by atoms with Gasteiger partial charge >= 0.3 is 0 Å². The lowest BCUT2D eigenvalue weighted by Crippen LogP contribution is -2.41. The van der Waals surface area contributed by atoms with Crippen LogP contribution in [0.25, 0.3) is 0 Å². The van der Waals surface area contributed by atoms with Crippen LogP contribution in [0.4, 0.5) is 10.1 Å². The lowest BCUT2D eigenvalue weighted by Gasteiger charge is -2.12. The summed E-state index contributed by atoms with van der Waals surface area (Å²) in [6, 6.07) is 5.48. The summed E-state index contributed by atoms with van der Waals surface area (Å²) in [5.41, 5.74) is 6.13. The Morgan fingerprint density at radius 3 is 2.70 bits per heavy atom. The van der Waals surface area contributed by atoms with Crippen molar-refractivity contribution in [2.24, 2.45) is 10.7 Å². The van der Waals surface area contributed by atoms with Gasteiger partial charge in [0, 0.05) is 18.8 Å². The van der Waals surface area contributed by atoms with Crippen molar-refractivity contribution in [3.05, 3.63) is 30.1 Å².